The third-order valence-corrected chi connectivity index (χ3v) is 3.87. The van der Waals surface area contributed by atoms with Crippen LogP contribution in [-0.4, -0.2) is 21.8 Å². The van der Waals surface area contributed by atoms with Crippen LogP contribution in [0.5, 0.6) is 0 Å². The van der Waals surface area contributed by atoms with Gasteiger partial charge in [0, 0.05) is 5.75 Å². The van der Waals surface area contributed by atoms with Gasteiger partial charge in [0.2, 0.25) is 0 Å². The van der Waals surface area contributed by atoms with Crippen molar-refractivity contribution in [3.05, 3.63) is 34.4 Å². The van der Waals surface area contributed by atoms with Crippen molar-refractivity contribution in [2.45, 2.75) is 45.3 Å². The Morgan fingerprint density at radius 2 is 2.00 bits per heavy atom. The largest absolute Gasteiger partial charge is 0.772 e. The van der Waals surface area contributed by atoms with Crippen molar-refractivity contribution >= 4 is 17.0 Å². The zero-order valence-corrected chi connectivity index (χ0v) is 13.0. The summed E-state index contributed by atoms with van der Waals surface area (Å²) in [5.41, 5.74) is 3.03. The van der Waals surface area contributed by atoms with Gasteiger partial charge < -0.3 is 9.29 Å². The molecule has 112 valence electrons. The number of aryl methyl sites for hydroxylation is 1. The molecule has 0 heterocycles. The molecular formula is C15H21O4S-. The fourth-order valence-corrected chi connectivity index (χ4v) is 2.94. The van der Waals surface area contributed by atoms with Crippen molar-refractivity contribution in [2.24, 2.45) is 0 Å². The molecule has 0 fully saturated rings. The van der Waals surface area contributed by atoms with Crippen LogP contribution in [0.25, 0.3) is 0 Å². The van der Waals surface area contributed by atoms with E-state index in [9.17, 15) is 13.6 Å². The molecule has 1 aromatic rings. The van der Waals surface area contributed by atoms with Crippen molar-refractivity contribution in [2.75, 3.05) is 7.11 Å². The van der Waals surface area contributed by atoms with E-state index in [4.69, 9.17) is 4.74 Å². The van der Waals surface area contributed by atoms with Crippen LogP contribution < -0.4 is 0 Å². The minimum Gasteiger partial charge on any atom is -0.772 e. The molecule has 0 aliphatic heterocycles. The lowest BCUT2D eigenvalue weighted by atomic mass is 9.92. The molecule has 0 aliphatic rings. The first-order chi connectivity index (χ1) is 9.54. The number of methoxy groups -OCH3 is 1. The fourth-order valence-electron chi connectivity index (χ4n) is 2.35. The Morgan fingerprint density at radius 3 is 2.50 bits per heavy atom. The molecule has 0 radical (unpaired) electrons. The lowest BCUT2D eigenvalue weighted by molar-refractivity contribution is 0.0599. The quantitative estimate of drug-likeness (QED) is 0.573. The average molecular weight is 297 g/mol. The van der Waals surface area contributed by atoms with Crippen LogP contribution in [0.3, 0.4) is 0 Å². The Kier molecular flexibility index (Phi) is 6.88. The predicted octanol–water partition coefficient (Wildman–Crippen LogP) is 2.76. The maximum atomic E-state index is 11.8. The van der Waals surface area contributed by atoms with E-state index in [1.807, 2.05) is 13.0 Å². The molecule has 0 spiro atoms. The average Bonchev–Trinajstić information content (AvgIpc) is 2.44. The Morgan fingerprint density at radius 1 is 1.30 bits per heavy atom. The van der Waals surface area contributed by atoms with Gasteiger partial charge in [-0.2, -0.15) is 0 Å². The van der Waals surface area contributed by atoms with Gasteiger partial charge in [-0.15, -0.1) is 0 Å². The van der Waals surface area contributed by atoms with Crippen LogP contribution in [0.4, 0.5) is 0 Å². The summed E-state index contributed by atoms with van der Waals surface area (Å²) < 4.78 is 27.0. The zero-order chi connectivity index (χ0) is 15.1. The molecule has 1 aromatic carbocycles. The number of carbonyl (C=O) groups is 1. The van der Waals surface area contributed by atoms with Gasteiger partial charge in [0.15, 0.2) is 0 Å². The van der Waals surface area contributed by atoms with Gasteiger partial charge >= 0.3 is 5.97 Å². The van der Waals surface area contributed by atoms with Gasteiger partial charge in [0.1, 0.15) is 0 Å². The molecule has 0 aromatic heterocycles. The van der Waals surface area contributed by atoms with Crippen molar-refractivity contribution in [1.29, 1.82) is 0 Å². The lowest BCUT2D eigenvalue weighted by Gasteiger charge is -2.18. The maximum absolute atomic E-state index is 11.8. The van der Waals surface area contributed by atoms with Crippen LogP contribution in [0.2, 0.25) is 0 Å². The van der Waals surface area contributed by atoms with Crippen molar-refractivity contribution < 1.29 is 18.3 Å². The number of ether oxygens (including phenoxy) is 1. The molecule has 0 aliphatic carbocycles. The summed E-state index contributed by atoms with van der Waals surface area (Å²) in [5.74, 6) is -0.464. The van der Waals surface area contributed by atoms with E-state index in [0.717, 1.165) is 36.0 Å². The highest BCUT2D eigenvalue weighted by atomic mass is 32.2. The van der Waals surface area contributed by atoms with Crippen molar-refractivity contribution in [3.8, 4) is 0 Å². The van der Waals surface area contributed by atoms with Crippen molar-refractivity contribution in [1.82, 2.24) is 0 Å². The highest BCUT2D eigenvalue weighted by molar-refractivity contribution is 7.78. The highest BCUT2D eigenvalue weighted by Gasteiger charge is 2.17. The molecule has 0 N–H and O–H groups in total. The molecule has 0 saturated heterocycles. The van der Waals surface area contributed by atoms with E-state index in [2.05, 4.69) is 6.92 Å². The first kappa shape index (κ1) is 16.9. The normalized spacial score (nSPS) is 12.2. The Labute approximate surface area is 122 Å². The van der Waals surface area contributed by atoms with E-state index in [0.29, 0.717) is 12.0 Å². The first-order valence-electron chi connectivity index (χ1n) is 6.82. The fraction of sp³-hybridized carbons (Fsp3) is 0.533. The minimum absolute atomic E-state index is 0.0486. The summed E-state index contributed by atoms with van der Waals surface area (Å²) in [5, 5.41) is 0. The Balaban J connectivity index is 3.33. The number of hydrogen-bond acceptors (Lipinski definition) is 4. The first-order valence-corrected chi connectivity index (χ1v) is 8.07. The number of rotatable bonds is 7. The number of carbonyl (C=O) groups excluding carboxylic acids is 1. The number of esters is 1. The van der Waals surface area contributed by atoms with Gasteiger partial charge in [0.05, 0.1) is 12.7 Å². The van der Waals surface area contributed by atoms with E-state index in [1.54, 1.807) is 6.07 Å². The Bertz CT molecular complexity index is 497. The summed E-state index contributed by atoms with van der Waals surface area (Å²) in [4.78, 5) is 11.8. The summed E-state index contributed by atoms with van der Waals surface area (Å²) in [6, 6.07) is 3.59. The van der Waals surface area contributed by atoms with Gasteiger partial charge in [-0.25, -0.2) is 4.79 Å². The SMILES string of the molecule is CCCCc1ccc(C(=O)OC)c(CC)c1CS(=O)[O-]. The molecule has 1 unspecified atom stereocenters. The van der Waals surface area contributed by atoms with Gasteiger partial charge in [-0.3, -0.25) is 4.21 Å². The molecule has 4 nitrogen and oxygen atoms in total. The third kappa shape index (κ3) is 4.15. The van der Waals surface area contributed by atoms with Crippen LogP contribution >= 0.6 is 0 Å². The molecule has 1 rings (SSSR count). The Hall–Kier alpha value is -1.20. The van der Waals surface area contributed by atoms with E-state index < -0.39 is 17.0 Å². The maximum Gasteiger partial charge on any atom is 0.338 e. The third-order valence-electron chi connectivity index (χ3n) is 3.35. The monoisotopic (exact) mass is 297 g/mol. The second-order valence-electron chi connectivity index (χ2n) is 4.63. The number of hydrogen-bond donors (Lipinski definition) is 0. The molecule has 5 heteroatoms. The van der Waals surface area contributed by atoms with E-state index in [1.165, 1.54) is 7.11 Å². The minimum atomic E-state index is -2.17. The molecular weight excluding hydrogens is 276 g/mol. The van der Waals surface area contributed by atoms with Gasteiger partial charge in [0.25, 0.3) is 0 Å². The molecule has 0 bridgehead atoms. The summed E-state index contributed by atoms with van der Waals surface area (Å²) >= 11 is -2.17. The van der Waals surface area contributed by atoms with Crippen LogP contribution in [0.15, 0.2) is 12.1 Å². The van der Waals surface area contributed by atoms with Crippen molar-refractivity contribution in [3.63, 3.8) is 0 Å². The van der Waals surface area contributed by atoms with E-state index in [-0.39, 0.29) is 5.75 Å². The van der Waals surface area contributed by atoms with Gasteiger partial charge in [-0.1, -0.05) is 37.4 Å². The molecule has 0 amide bonds. The van der Waals surface area contributed by atoms with Crippen LogP contribution in [0.1, 0.15) is 53.7 Å². The summed E-state index contributed by atoms with van der Waals surface area (Å²) in [6.07, 6.45) is 3.48. The number of benzene rings is 1. The van der Waals surface area contributed by atoms with Gasteiger partial charge in [-0.05, 0) is 42.0 Å². The van der Waals surface area contributed by atoms with E-state index >= 15 is 0 Å². The lowest BCUT2D eigenvalue weighted by Crippen LogP contribution is -2.11. The topological polar surface area (TPSA) is 66.4 Å². The van der Waals surface area contributed by atoms with Crippen LogP contribution in [-0.2, 0) is 34.4 Å². The molecule has 0 saturated carbocycles. The summed E-state index contributed by atoms with van der Waals surface area (Å²) in [6.45, 7) is 4.01. The second kappa shape index (κ2) is 8.17. The second-order valence-corrected chi connectivity index (χ2v) is 5.52. The molecule has 20 heavy (non-hydrogen) atoms. The zero-order valence-electron chi connectivity index (χ0n) is 12.2. The standard InChI is InChI=1S/C15H22O4S/c1-4-6-7-11-8-9-13(15(16)19-3)12(5-2)14(11)10-20(17)18/h8-9H,4-7,10H2,1-3H3,(H,17,18)/p-1. The van der Waals surface area contributed by atoms with Crippen LogP contribution in [0, 0.1) is 0 Å². The smallest absolute Gasteiger partial charge is 0.338 e. The highest BCUT2D eigenvalue weighted by Crippen LogP contribution is 2.24. The summed E-state index contributed by atoms with van der Waals surface area (Å²) in [7, 11) is 1.33. The molecule has 1 atom stereocenters. The number of unbranched alkanes of at least 4 members (excludes halogenated alkanes) is 1. The predicted molar refractivity (Wildman–Crippen MR) is 78.4 cm³/mol.